The molecule has 0 unspecified atom stereocenters. The van der Waals surface area contributed by atoms with E-state index < -0.39 is 0 Å². The molecule has 0 fully saturated rings. The predicted octanol–water partition coefficient (Wildman–Crippen LogP) is 0.654. The van der Waals surface area contributed by atoms with Crippen LogP contribution in [0.5, 0.6) is 0 Å². The molecule has 0 saturated carbocycles. The summed E-state index contributed by atoms with van der Waals surface area (Å²) in [5.41, 5.74) is 0. The summed E-state index contributed by atoms with van der Waals surface area (Å²) < 4.78 is 0. The molecule has 0 atom stereocenters. The fourth-order valence-corrected chi connectivity index (χ4v) is 0.201. The average molecular weight is 414 g/mol. The van der Waals surface area contributed by atoms with Crippen LogP contribution in [0.15, 0.2) is 0 Å². The molecule has 0 radical (unpaired) electrons. The summed E-state index contributed by atoms with van der Waals surface area (Å²) in [5, 5.41) is 33.4. The third kappa shape index (κ3) is 60.6. The molecule has 0 aromatic carbocycles. The normalized spacial score (nSPS) is 8.78. The summed E-state index contributed by atoms with van der Waals surface area (Å²) in [7, 11) is 12.2. The molecule has 0 spiro atoms. The zero-order valence-electron chi connectivity index (χ0n) is 13.0. The topological polar surface area (TPSA) is 138 Å². The molecule has 0 aliphatic rings. The fourth-order valence-electron chi connectivity index (χ4n) is 0.201. The Hall–Kier alpha value is 0.404. The quantitative estimate of drug-likeness (QED) is 0.191. The van der Waals surface area contributed by atoms with E-state index in [2.05, 4.69) is 84.0 Å². The first-order valence-electron chi connectivity index (χ1n) is 4.64. The molecule has 0 aromatic rings. The van der Waals surface area contributed by atoms with Crippen LogP contribution in [0.1, 0.15) is 0 Å². The van der Waals surface area contributed by atoms with Crippen LogP contribution in [0, 0.1) is 0 Å². The molecule has 23 heavy (non-hydrogen) atoms. The van der Waals surface area contributed by atoms with E-state index in [0.717, 1.165) is 0 Å². The van der Waals surface area contributed by atoms with Crippen molar-refractivity contribution < 1.29 is 94.0 Å². The van der Waals surface area contributed by atoms with E-state index in [4.69, 9.17) is 0 Å². The van der Waals surface area contributed by atoms with E-state index in [0.29, 0.717) is 0 Å². The van der Waals surface area contributed by atoms with Crippen molar-refractivity contribution in [2.24, 2.45) is 0 Å². The Morgan fingerprint density at radius 2 is 0.478 bits per heavy atom. The molecule has 0 aromatic heterocycles. The van der Waals surface area contributed by atoms with Gasteiger partial charge in [0.25, 0.3) is 0 Å². The van der Waals surface area contributed by atoms with Crippen LogP contribution in [0.4, 0.5) is 0 Å². The summed E-state index contributed by atoms with van der Waals surface area (Å²) in [6.07, 6.45) is 0. The third-order valence-electron chi connectivity index (χ3n) is 0.575. The van der Waals surface area contributed by atoms with Crippen LogP contribution in [-0.4, -0.2) is 42.7 Å². The second-order valence-corrected chi connectivity index (χ2v) is 1.61. The second kappa shape index (κ2) is 43.3. The van der Waals surface area contributed by atoms with Crippen LogP contribution in [0.25, 0.3) is 0 Å². The minimum atomic E-state index is 1.26. The van der Waals surface area contributed by atoms with Crippen molar-refractivity contribution in [3.63, 3.8) is 0 Å². The van der Waals surface area contributed by atoms with Gasteiger partial charge in [-0.1, -0.05) is 0 Å². The van der Waals surface area contributed by atoms with Crippen LogP contribution in [-0.2, 0) is 94.0 Å². The summed E-state index contributed by atoms with van der Waals surface area (Å²) >= 11 is 1.47. The molecule has 0 rings (SSSR count). The van der Waals surface area contributed by atoms with Gasteiger partial charge in [-0.05, 0) is 45.3 Å². The van der Waals surface area contributed by atoms with Gasteiger partial charge in [0.1, 0.15) is 0 Å². The van der Waals surface area contributed by atoms with Gasteiger partial charge in [0.15, 0.2) is 0 Å². The first kappa shape index (κ1) is 31.2. The van der Waals surface area contributed by atoms with Crippen molar-refractivity contribution in [1.82, 2.24) is 0 Å². The Kier molecular flexibility index (Phi) is 58.7. The van der Waals surface area contributed by atoms with Gasteiger partial charge < -0.3 is 0 Å². The molecule has 0 amide bonds. The molecular formula is C6H18ClO15Ti. The van der Waals surface area contributed by atoms with Crippen molar-refractivity contribution in [2.45, 2.75) is 0 Å². The molecule has 0 heterocycles. The van der Waals surface area contributed by atoms with Gasteiger partial charge >= 0.3 is 28.7 Å². The average Bonchev–Trinajstić information content (AvgIpc) is 2.59. The Balaban J connectivity index is -0.000000111. The summed E-state index contributed by atoms with van der Waals surface area (Å²) in [4.78, 5) is 23.5. The van der Waals surface area contributed by atoms with Crippen LogP contribution in [0.3, 0.4) is 0 Å². The second-order valence-electron chi connectivity index (χ2n) is 1.61. The van der Waals surface area contributed by atoms with Gasteiger partial charge in [-0.2, -0.15) is 0 Å². The van der Waals surface area contributed by atoms with Gasteiger partial charge in [0.2, 0.25) is 0 Å². The van der Waals surface area contributed by atoms with E-state index in [1.165, 1.54) is 62.0 Å². The van der Waals surface area contributed by atoms with Crippen molar-refractivity contribution in [1.29, 1.82) is 0 Å². The van der Waals surface area contributed by atoms with E-state index in [1.807, 2.05) is 0 Å². The van der Waals surface area contributed by atoms with Crippen LogP contribution < -0.4 is 0 Å². The standard InChI is InChI=1S/3C2H6O5.ClH.Ti/c3*1-3-5-7-6-4-2;;/h3*1-2H3;1H;/q;;;;+1/p-1. The Morgan fingerprint density at radius 1 is 0.348 bits per heavy atom. The zero-order valence-corrected chi connectivity index (χ0v) is 15.3. The number of rotatable bonds is 12. The summed E-state index contributed by atoms with van der Waals surface area (Å²) in [6, 6.07) is 0. The van der Waals surface area contributed by atoms with Crippen LogP contribution >= 0.6 is 9.30 Å². The van der Waals surface area contributed by atoms with E-state index >= 15 is 0 Å². The summed E-state index contributed by atoms with van der Waals surface area (Å²) in [5.74, 6) is 0. The third-order valence-corrected chi connectivity index (χ3v) is 0.575. The number of halogens is 1. The van der Waals surface area contributed by atoms with Crippen molar-refractivity contribution in [2.75, 3.05) is 42.7 Å². The van der Waals surface area contributed by atoms with Gasteiger partial charge in [0.05, 0.1) is 42.7 Å². The number of hydrogen-bond acceptors (Lipinski definition) is 15. The van der Waals surface area contributed by atoms with Crippen molar-refractivity contribution in [3.8, 4) is 0 Å². The van der Waals surface area contributed by atoms with Crippen molar-refractivity contribution >= 4 is 9.30 Å². The molecule has 0 aliphatic carbocycles. The van der Waals surface area contributed by atoms with Crippen LogP contribution in [0.2, 0.25) is 0 Å². The maximum absolute atomic E-state index is 4.64. The van der Waals surface area contributed by atoms with Gasteiger partial charge in [-0.15, -0.1) is 0 Å². The Morgan fingerprint density at radius 3 is 0.565 bits per heavy atom. The molecule has 0 N–H and O–H groups in total. The van der Waals surface area contributed by atoms with E-state index in [1.54, 1.807) is 0 Å². The molecule has 143 valence electrons. The van der Waals surface area contributed by atoms with E-state index in [9.17, 15) is 0 Å². The van der Waals surface area contributed by atoms with Crippen molar-refractivity contribution in [3.05, 3.63) is 0 Å². The Bertz CT molecular complexity index is 111. The fraction of sp³-hybridized carbons (Fsp3) is 1.00. The predicted molar refractivity (Wildman–Crippen MR) is 57.7 cm³/mol. The monoisotopic (exact) mass is 413 g/mol. The summed E-state index contributed by atoms with van der Waals surface area (Å²) in [6.45, 7) is 0. The Labute approximate surface area is 146 Å². The molecule has 0 saturated heterocycles. The minimum absolute atomic E-state index is 1.26. The first-order valence-corrected chi connectivity index (χ1v) is 6.79. The SMILES string of the molecule is COOOOOC.COOOOOC.COOOOOC.[Cl][Ti]. The van der Waals surface area contributed by atoms with E-state index in [-0.39, 0.29) is 0 Å². The molecular weight excluding hydrogens is 395 g/mol. The van der Waals surface area contributed by atoms with Gasteiger partial charge in [-0.25, -0.2) is 29.3 Å². The molecule has 0 bridgehead atoms. The maximum atomic E-state index is 4.64. The number of hydrogen-bond donors (Lipinski definition) is 0. The van der Waals surface area contributed by atoms with Gasteiger partial charge in [-0.3, -0.25) is 0 Å². The molecule has 15 nitrogen and oxygen atoms in total. The molecule has 0 aliphatic heterocycles. The van der Waals surface area contributed by atoms with Gasteiger partial charge in [0, 0.05) is 0 Å². The first-order chi connectivity index (χ1) is 11.2. The zero-order chi connectivity index (χ0) is 18.6. The molecule has 17 heteroatoms.